The Labute approximate surface area is 225 Å². The van der Waals surface area contributed by atoms with Crippen LogP contribution in [0.2, 0.25) is 0 Å². The molecule has 0 unspecified atom stereocenters. The van der Waals surface area contributed by atoms with Gasteiger partial charge in [0.1, 0.15) is 27.5 Å². The number of carbonyl (C=O) groups is 1. The fraction of sp³-hybridized carbons (Fsp3) is 0.185. The number of amides is 1. The first-order valence-corrected chi connectivity index (χ1v) is 13.8. The van der Waals surface area contributed by atoms with Gasteiger partial charge in [-0.25, -0.2) is 13.4 Å². The third-order valence-electron chi connectivity index (χ3n) is 5.67. The lowest BCUT2D eigenvalue weighted by Crippen LogP contribution is -2.32. The van der Waals surface area contributed by atoms with E-state index in [-0.39, 0.29) is 36.0 Å². The van der Waals surface area contributed by atoms with Crippen LogP contribution in [-0.4, -0.2) is 50.9 Å². The van der Waals surface area contributed by atoms with E-state index in [0.29, 0.717) is 27.9 Å². The predicted octanol–water partition coefficient (Wildman–Crippen LogP) is 5.12. The van der Waals surface area contributed by atoms with Gasteiger partial charge in [0.15, 0.2) is 5.13 Å². The molecule has 0 bridgehead atoms. The van der Waals surface area contributed by atoms with E-state index in [1.165, 1.54) is 63.2 Å². The summed E-state index contributed by atoms with van der Waals surface area (Å²) in [5.41, 5.74) is 0.850. The van der Waals surface area contributed by atoms with Gasteiger partial charge in [0.05, 0.1) is 31.9 Å². The summed E-state index contributed by atoms with van der Waals surface area (Å²) in [6.45, 7) is 7.63. The second-order valence-electron chi connectivity index (χ2n) is 8.04. The smallest absolute Gasteiger partial charge is 0.260 e. The van der Waals surface area contributed by atoms with Crippen LogP contribution >= 0.6 is 11.3 Å². The Morgan fingerprint density at radius 2 is 1.68 bits per heavy atom. The first kappa shape index (κ1) is 27.1. The van der Waals surface area contributed by atoms with E-state index >= 15 is 0 Å². The van der Waals surface area contributed by atoms with Crippen molar-refractivity contribution in [1.29, 1.82) is 0 Å². The van der Waals surface area contributed by atoms with Gasteiger partial charge in [0.2, 0.25) is 10.0 Å². The molecular formula is C27H27N3O6S2. The summed E-state index contributed by atoms with van der Waals surface area (Å²) in [4.78, 5) is 20.0. The molecule has 198 valence electrons. The van der Waals surface area contributed by atoms with Crippen LogP contribution in [0, 0.1) is 0 Å². The normalized spacial score (nSPS) is 11.4. The molecule has 1 amide bonds. The molecule has 9 nitrogen and oxygen atoms in total. The molecule has 2 aromatic carbocycles. The minimum atomic E-state index is -3.80. The van der Waals surface area contributed by atoms with Gasteiger partial charge in [-0.2, -0.15) is 4.31 Å². The Bertz CT molecular complexity index is 1490. The summed E-state index contributed by atoms with van der Waals surface area (Å²) in [5.74, 6) is 1.33. The van der Waals surface area contributed by atoms with Gasteiger partial charge >= 0.3 is 0 Å². The summed E-state index contributed by atoms with van der Waals surface area (Å²) in [6.07, 6.45) is 4.54. The molecule has 38 heavy (non-hydrogen) atoms. The molecule has 0 fully saturated rings. The molecule has 0 aliphatic carbocycles. The van der Waals surface area contributed by atoms with Crippen molar-refractivity contribution in [3.05, 3.63) is 91.4 Å². The Balaban J connectivity index is 1.73. The van der Waals surface area contributed by atoms with Gasteiger partial charge in [-0.3, -0.25) is 9.69 Å². The van der Waals surface area contributed by atoms with E-state index in [2.05, 4.69) is 13.2 Å². The third kappa shape index (κ3) is 5.35. The number of furan rings is 1. The number of ether oxygens (including phenoxy) is 2. The molecule has 0 spiro atoms. The average Bonchev–Trinajstić information content (AvgIpc) is 3.61. The van der Waals surface area contributed by atoms with Crippen molar-refractivity contribution in [2.75, 3.05) is 32.2 Å². The Morgan fingerprint density at radius 1 is 1.03 bits per heavy atom. The van der Waals surface area contributed by atoms with E-state index in [4.69, 9.17) is 18.9 Å². The molecule has 2 heterocycles. The van der Waals surface area contributed by atoms with E-state index < -0.39 is 10.0 Å². The Morgan fingerprint density at radius 3 is 2.26 bits per heavy atom. The lowest BCUT2D eigenvalue weighted by Gasteiger charge is -2.20. The molecule has 0 aliphatic rings. The van der Waals surface area contributed by atoms with Gasteiger partial charge in [-0.1, -0.05) is 23.5 Å². The minimum Gasteiger partial charge on any atom is -0.495 e. The highest BCUT2D eigenvalue weighted by molar-refractivity contribution is 7.89. The molecule has 4 aromatic rings. The summed E-state index contributed by atoms with van der Waals surface area (Å²) in [6, 6.07) is 12.8. The van der Waals surface area contributed by atoms with Gasteiger partial charge in [-0.05, 0) is 48.5 Å². The predicted molar refractivity (Wildman–Crippen MR) is 148 cm³/mol. The van der Waals surface area contributed by atoms with Crippen molar-refractivity contribution in [3.8, 4) is 11.5 Å². The molecule has 11 heteroatoms. The maximum atomic E-state index is 13.8. The van der Waals surface area contributed by atoms with E-state index in [0.717, 1.165) is 4.70 Å². The van der Waals surface area contributed by atoms with Crippen LogP contribution in [0.15, 0.2) is 89.4 Å². The van der Waals surface area contributed by atoms with Crippen LogP contribution in [0.5, 0.6) is 11.5 Å². The van der Waals surface area contributed by atoms with Gasteiger partial charge in [0.25, 0.3) is 5.91 Å². The number of hydrogen-bond acceptors (Lipinski definition) is 8. The van der Waals surface area contributed by atoms with Crippen LogP contribution in [-0.2, 0) is 16.6 Å². The number of anilines is 1. The van der Waals surface area contributed by atoms with E-state index in [9.17, 15) is 13.2 Å². The van der Waals surface area contributed by atoms with Crippen molar-refractivity contribution in [2.24, 2.45) is 0 Å². The second-order valence-corrected chi connectivity index (χ2v) is 11.0. The highest BCUT2D eigenvalue weighted by Crippen LogP contribution is 2.40. The van der Waals surface area contributed by atoms with Crippen LogP contribution in [0.1, 0.15) is 16.1 Å². The number of nitrogens with zero attached hydrogens (tertiary/aromatic N) is 3. The van der Waals surface area contributed by atoms with Crippen molar-refractivity contribution >= 4 is 42.6 Å². The standard InChI is InChI=1S/C27H27N3O6S2/c1-5-15-29(16-6-2)38(32,33)21-11-9-19(10-12-21)26(31)30(18-20-8-7-17-36-20)27-28-24-22(34-3)13-14-23(35-4)25(24)37-27/h5-14,17H,1-2,15-16,18H2,3-4H3. The summed E-state index contributed by atoms with van der Waals surface area (Å²) < 4.78 is 44.6. The fourth-order valence-electron chi connectivity index (χ4n) is 3.81. The minimum absolute atomic E-state index is 0.0600. The largest absolute Gasteiger partial charge is 0.495 e. The molecule has 0 N–H and O–H groups in total. The third-order valence-corrected chi connectivity index (χ3v) is 8.61. The Kier molecular flexibility index (Phi) is 8.30. The van der Waals surface area contributed by atoms with Crippen molar-refractivity contribution in [2.45, 2.75) is 11.4 Å². The number of hydrogen-bond donors (Lipinski definition) is 0. The summed E-state index contributed by atoms with van der Waals surface area (Å²) >= 11 is 1.28. The first-order valence-electron chi connectivity index (χ1n) is 11.5. The molecular weight excluding hydrogens is 526 g/mol. The number of aromatic nitrogens is 1. The summed E-state index contributed by atoms with van der Waals surface area (Å²) in [5, 5.41) is 0.407. The molecule has 0 radical (unpaired) electrons. The first-order chi connectivity index (χ1) is 18.3. The molecule has 4 rings (SSSR count). The number of rotatable bonds is 12. The number of methoxy groups -OCH3 is 2. The number of fused-ring (bicyclic) bond motifs is 1. The van der Waals surface area contributed by atoms with Gasteiger partial charge < -0.3 is 13.9 Å². The van der Waals surface area contributed by atoms with Gasteiger partial charge in [0, 0.05) is 18.7 Å². The van der Waals surface area contributed by atoms with Gasteiger partial charge in [-0.15, -0.1) is 13.2 Å². The molecule has 0 aliphatic heterocycles. The van der Waals surface area contributed by atoms with Crippen LogP contribution in [0.3, 0.4) is 0 Å². The topological polar surface area (TPSA) is 102 Å². The number of carbonyl (C=O) groups excluding carboxylic acids is 1. The maximum absolute atomic E-state index is 13.8. The van der Waals surface area contributed by atoms with Crippen LogP contribution in [0.25, 0.3) is 10.2 Å². The molecule has 2 aromatic heterocycles. The summed E-state index contributed by atoms with van der Waals surface area (Å²) in [7, 11) is -0.690. The van der Waals surface area contributed by atoms with Crippen molar-refractivity contribution in [3.63, 3.8) is 0 Å². The maximum Gasteiger partial charge on any atom is 0.260 e. The quantitative estimate of drug-likeness (QED) is 0.225. The lowest BCUT2D eigenvalue weighted by atomic mass is 10.2. The van der Waals surface area contributed by atoms with Crippen LogP contribution in [0.4, 0.5) is 5.13 Å². The SMILES string of the molecule is C=CCN(CC=C)S(=O)(=O)c1ccc(C(=O)N(Cc2ccco2)c2nc3c(OC)ccc(OC)c3s2)cc1. The zero-order valence-electron chi connectivity index (χ0n) is 21.0. The second kappa shape index (κ2) is 11.6. The number of thiazole rings is 1. The highest BCUT2D eigenvalue weighted by atomic mass is 32.2. The molecule has 0 atom stereocenters. The lowest BCUT2D eigenvalue weighted by molar-refractivity contribution is 0.0983. The van der Waals surface area contributed by atoms with Crippen molar-refractivity contribution < 1.29 is 27.1 Å². The van der Waals surface area contributed by atoms with E-state index in [1.807, 2.05) is 0 Å². The molecule has 0 saturated heterocycles. The number of sulfonamides is 1. The fourth-order valence-corrected chi connectivity index (χ4v) is 6.26. The average molecular weight is 554 g/mol. The van der Waals surface area contributed by atoms with E-state index in [1.54, 1.807) is 38.5 Å². The highest BCUT2D eigenvalue weighted by Gasteiger charge is 2.27. The Hall–Kier alpha value is -3.93. The molecule has 0 saturated carbocycles. The zero-order valence-corrected chi connectivity index (χ0v) is 22.6. The van der Waals surface area contributed by atoms with Crippen LogP contribution < -0.4 is 14.4 Å². The van der Waals surface area contributed by atoms with Crippen molar-refractivity contribution in [1.82, 2.24) is 9.29 Å². The monoisotopic (exact) mass is 553 g/mol. The zero-order chi connectivity index (χ0) is 27.3. The number of benzene rings is 2.